The molecule has 0 amide bonds. The molecule has 0 fully saturated rings. The first-order valence-corrected chi connectivity index (χ1v) is 11.8. The van der Waals surface area contributed by atoms with Gasteiger partial charge in [-0.3, -0.25) is 4.90 Å². The summed E-state index contributed by atoms with van der Waals surface area (Å²) in [5.74, 6) is 0.875. The predicted molar refractivity (Wildman–Crippen MR) is 126 cm³/mol. The summed E-state index contributed by atoms with van der Waals surface area (Å²) in [5.41, 5.74) is 10.2. The molecule has 1 aromatic carbocycles. The Balaban J connectivity index is 1.60. The van der Waals surface area contributed by atoms with E-state index in [0.29, 0.717) is 5.57 Å². The van der Waals surface area contributed by atoms with Crippen LogP contribution in [0.1, 0.15) is 21.2 Å². The fraction of sp³-hybridized carbons (Fsp3) is 0.160. The van der Waals surface area contributed by atoms with Gasteiger partial charge in [-0.25, -0.2) is 0 Å². The van der Waals surface area contributed by atoms with Crippen molar-refractivity contribution in [2.75, 3.05) is 13.1 Å². The minimum absolute atomic E-state index is 0.168. The van der Waals surface area contributed by atoms with E-state index in [4.69, 9.17) is 10.5 Å². The second-order valence-corrected chi connectivity index (χ2v) is 9.57. The normalized spacial score (nSPS) is 20.5. The third-order valence-electron chi connectivity index (χ3n) is 5.54. The third kappa shape index (κ3) is 3.96. The van der Waals surface area contributed by atoms with Crippen LogP contribution in [0.5, 0.6) is 0 Å². The molecule has 2 aliphatic heterocycles. The molecular formula is C25H21N3OS2. The molecule has 31 heavy (non-hydrogen) atoms. The number of hydrogen-bond acceptors (Lipinski definition) is 6. The van der Waals surface area contributed by atoms with E-state index < -0.39 is 0 Å². The minimum atomic E-state index is -0.168. The average molecular weight is 444 g/mol. The van der Waals surface area contributed by atoms with Gasteiger partial charge in [0.15, 0.2) is 0 Å². The maximum absolute atomic E-state index is 9.88. The Morgan fingerprint density at radius 2 is 1.87 bits per heavy atom. The quantitative estimate of drug-likeness (QED) is 0.581. The third-order valence-corrected chi connectivity index (χ3v) is 7.30. The summed E-state index contributed by atoms with van der Waals surface area (Å²) in [6.45, 7) is 2.32. The van der Waals surface area contributed by atoms with Gasteiger partial charge in [-0.1, -0.05) is 42.5 Å². The van der Waals surface area contributed by atoms with Gasteiger partial charge in [0.2, 0.25) is 5.88 Å². The summed E-state index contributed by atoms with van der Waals surface area (Å²) in [7, 11) is 0. The summed E-state index contributed by atoms with van der Waals surface area (Å²) in [6.07, 6.45) is 2.19. The molecule has 0 aliphatic carbocycles. The summed E-state index contributed by atoms with van der Waals surface area (Å²) in [5, 5.41) is 14.0. The van der Waals surface area contributed by atoms with Crippen LogP contribution >= 0.6 is 22.7 Å². The predicted octanol–water partition coefficient (Wildman–Crippen LogP) is 5.47. The number of benzene rings is 1. The van der Waals surface area contributed by atoms with E-state index in [9.17, 15) is 5.26 Å². The number of thiophene rings is 2. The molecule has 0 unspecified atom stereocenters. The van der Waals surface area contributed by atoms with Gasteiger partial charge in [-0.2, -0.15) is 5.26 Å². The van der Waals surface area contributed by atoms with Crippen molar-refractivity contribution in [2.45, 2.75) is 12.5 Å². The van der Waals surface area contributed by atoms with E-state index in [1.165, 1.54) is 10.4 Å². The first kappa shape index (κ1) is 19.8. The first-order valence-electron chi connectivity index (χ1n) is 10.1. The Morgan fingerprint density at radius 3 is 2.58 bits per heavy atom. The standard InChI is InChI=1S/C25H21N3OS2/c26-13-20-23(22-9-5-11-31-22)21-16-28(14-17-6-2-1-3-7-17)15-18(24(21)29-25(20)27)12-19-8-4-10-30-19/h1-12,23H,14-16,27H2/b18-12-/t23-/m0/s1. The number of allylic oxidation sites excluding steroid dienone is 1. The smallest absolute Gasteiger partial charge is 0.205 e. The zero-order chi connectivity index (χ0) is 21.2. The number of hydrogen-bond donors (Lipinski definition) is 1. The van der Waals surface area contributed by atoms with Crippen molar-refractivity contribution >= 4 is 28.7 Å². The van der Waals surface area contributed by atoms with Crippen molar-refractivity contribution in [3.05, 3.63) is 109 Å². The van der Waals surface area contributed by atoms with Crippen LogP contribution in [0.3, 0.4) is 0 Å². The molecule has 1 atom stereocenters. The molecule has 154 valence electrons. The number of nitrogens with two attached hydrogens (primary N) is 1. The maximum atomic E-state index is 9.88. The highest BCUT2D eigenvalue weighted by Crippen LogP contribution is 2.45. The summed E-state index contributed by atoms with van der Waals surface area (Å²) in [6, 6.07) is 21.1. The van der Waals surface area contributed by atoms with Crippen molar-refractivity contribution in [1.82, 2.24) is 4.90 Å². The van der Waals surface area contributed by atoms with Crippen molar-refractivity contribution in [3.63, 3.8) is 0 Å². The van der Waals surface area contributed by atoms with Crippen LogP contribution < -0.4 is 5.73 Å². The molecule has 2 aromatic heterocycles. The van der Waals surface area contributed by atoms with Crippen LogP contribution in [0, 0.1) is 11.3 Å². The lowest BCUT2D eigenvalue weighted by atomic mass is 9.83. The largest absolute Gasteiger partial charge is 0.440 e. The molecular weight excluding hydrogens is 422 g/mol. The van der Waals surface area contributed by atoms with Gasteiger partial charge in [-0.15, -0.1) is 22.7 Å². The van der Waals surface area contributed by atoms with E-state index in [1.807, 2.05) is 17.5 Å². The maximum Gasteiger partial charge on any atom is 0.205 e. The van der Waals surface area contributed by atoms with Crippen molar-refractivity contribution < 1.29 is 4.74 Å². The highest BCUT2D eigenvalue weighted by molar-refractivity contribution is 7.10. The molecule has 5 rings (SSSR count). The average Bonchev–Trinajstić information content (AvgIpc) is 3.48. The van der Waals surface area contributed by atoms with Crippen LogP contribution in [0.25, 0.3) is 6.08 Å². The fourth-order valence-corrected chi connectivity index (χ4v) is 5.77. The molecule has 6 heteroatoms. The Labute approximate surface area is 189 Å². The Kier molecular flexibility index (Phi) is 5.47. The highest BCUT2D eigenvalue weighted by Gasteiger charge is 2.38. The SMILES string of the molecule is N#CC1=C(N)OC2=C(CN(Cc3ccccc3)C/C2=C/c2cccs2)[C@H]1c1cccs1. The Hall–Kier alpha value is -3.11. The highest BCUT2D eigenvalue weighted by atomic mass is 32.1. The lowest BCUT2D eigenvalue weighted by Gasteiger charge is -2.38. The minimum Gasteiger partial charge on any atom is -0.440 e. The zero-order valence-electron chi connectivity index (χ0n) is 16.8. The zero-order valence-corrected chi connectivity index (χ0v) is 18.5. The van der Waals surface area contributed by atoms with E-state index in [0.717, 1.165) is 41.4 Å². The van der Waals surface area contributed by atoms with Crippen molar-refractivity contribution in [2.24, 2.45) is 5.73 Å². The molecule has 0 bridgehead atoms. The lowest BCUT2D eigenvalue weighted by molar-refractivity contribution is 0.230. The molecule has 4 heterocycles. The number of nitriles is 1. The monoisotopic (exact) mass is 443 g/mol. The fourth-order valence-electron chi connectivity index (χ4n) is 4.22. The van der Waals surface area contributed by atoms with Gasteiger partial charge in [0, 0.05) is 40.5 Å². The van der Waals surface area contributed by atoms with Gasteiger partial charge in [-0.05, 0) is 34.5 Å². The molecule has 0 saturated carbocycles. The van der Waals surface area contributed by atoms with E-state index in [2.05, 4.69) is 64.9 Å². The lowest BCUT2D eigenvalue weighted by Crippen LogP contribution is -2.37. The summed E-state index contributed by atoms with van der Waals surface area (Å²) >= 11 is 3.35. The van der Waals surface area contributed by atoms with E-state index in [1.54, 1.807) is 22.7 Å². The molecule has 4 nitrogen and oxygen atoms in total. The topological polar surface area (TPSA) is 62.3 Å². The molecule has 0 saturated heterocycles. The summed E-state index contributed by atoms with van der Waals surface area (Å²) in [4.78, 5) is 4.70. The van der Waals surface area contributed by atoms with Crippen LogP contribution in [-0.4, -0.2) is 18.0 Å². The molecule has 2 aliphatic rings. The Bertz CT molecular complexity index is 1200. The van der Waals surface area contributed by atoms with Gasteiger partial charge >= 0.3 is 0 Å². The molecule has 3 aromatic rings. The van der Waals surface area contributed by atoms with Crippen LogP contribution in [0.15, 0.2) is 93.7 Å². The van der Waals surface area contributed by atoms with Crippen molar-refractivity contribution in [1.29, 1.82) is 5.26 Å². The first-order chi connectivity index (χ1) is 15.2. The van der Waals surface area contributed by atoms with Crippen LogP contribution in [0.4, 0.5) is 0 Å². The second-order valence-electron chi connectivity index (χ2n) is 7.61. The van der Waals surface area contributed by atoms with Gasteiger partial charge < -0.3 is 10.5 Å². The van der Waals surface area contributed by atoms with Crippen LogP contribution in [-0.2, 0) is 11.3 Å². The van der Waals surface area contributed by atoms with Gasteiger partial charge in [0.05, 0.1) is 5.92 Å². The second kappa shape index (κ2) is 8.56. The Morgan fingerprint density at radius 1 is 1.06 bits per heavy atom. The molecule has 0 spiro atoms. The van der Waals surface area contributed by atoms with Gasteiger partial charge in [0.1, 0.15) is 17.4 Å². The van der Waals surface area contributed by atoms with E-state index >= 15 is 0 Å². The van der Waals surface area contributed by atoms with Crippen LogP contribution in [0.2, 0.25) is 0 Å². The summed E-state index contributed by atoms with van der Waals surface area (Å²) < 4.78 is 6.11. The number of nitrogens with zero attached hydrogens (tertiary/aromatic N) is 2. The molecule has 0 radical (unpaired) electrons. The number of rotatable bonds is 4. The van der Waals surface area contributed by atoms with E-state index in [-0.39, 0.29) is 11.8 Å². The molecule has 2 N–H and O–H groups in total. The van der Waals surface area contributed by atoms with Gasteiger partial charge in [0.25, 0.3) is 0 Å². The van der Waals surface area contributed by atoms with Crippen molar-refractivity contribution in [3.8, 4) is 6.07 Å². The number of ether oxygens (including phenoxy) is 1.